The molecule has 0 radical (unpaired) electrons. The number of aromatic nitrogens is 1. The Balaban J connectivity index is 2.79. The number of ether oxygens (including phenoxy) is 1. The largest absolute Gasteiger partial charge is 0.467 e. The minimum absolute atomic E-state index is 0.237. The SMILES string of the molecule is COC(=O)C(C)NC(=O)c1cc(C)nc(Cl)c1. The fourth-order valence-corrected chi connectivity index (χ4v) is 1.53. The zero-order valence-electron chi connectivity index (χ0n) is 9.78. The fourth-order valence-electron chi connectivity index (χ4n) is 1.27. The summed E-state index contributed by atoms with van der Waals surface area (Å²) in [6.45, 7) is 3.27. The quantitative estimate of drug-likeness (QED) is 0.654. The number of carbonyl (C=O) groups is 2. The van der Waals surface area contributed by atoms with Gasteiger partial charge in [0, 0.05) is 11.3 Å². The highest BCUT2D eigenvalue weighted by Gasteiger charge is 2.17. The summed E-state index contributed by atoms with van der Waals surface area (Å²) in [5.41, 5.74) is 0.992. The molecule has 6 heteroatoms. The van der Waals surface area contributed by atoms with E-state index in [9.17, 15) is 9.59 Å². The van der Waals surface area contributed by atoms with Crippen molar-refractivity contribution in [2.24, 2.45) is 0 Å². The Kier molecular flexibility index (Phi) is 4.45. The highest BCUT2D eigenvalue weighted by atomic mass is 35.5. The molecule has 0 saturated heterocycles. The van der Waals surface area contributed by atoms with Crippen molar-refractivity contribution >= 4 is 23.5 Å². The van der Waals surface area contributed by atoms with E-state index in [1.165, 1.54) is 13.2 Å². The van der Waals surface area contributed by atoms with E-state index in [0.717, 1.165) is 0 Å². The molecule has 0 saturated carbocycles. The van der Waals surface area contributed by atoms with Crippen LogP contribution in [0.5, 0.6) is 0 Å². The summed E-state index contributed by atoms with van der Waals surface area (Å²) < 4.78 is 4.50. The maximum absolute atomic E-state index is 11.8. The number of rotatable bonds is 3. The first kappa shape index (κ1) is 13.4. The second kappa shape index (κ2) is 5.63. The van der Waals surface area contributed by atoms with Crippen LogP contribution in [0, 0.1) is 6.92 Å². The van der Waals surface area contributed by atoms with E-state index >= 15 is 0 Å². The van der Waals surface area contributed by atoms with Crippen LogP contribution in [0.1, 0.15) is 23.0 Å². The summed E-state index contributed by atoms with van der Waals surface area (Å²) in [5, 5.41) is 2.74. The molecule has 0 aliphatic rings. The van der Waals surface area contributed by atoms with E-state index in [4.69, 9.17) is 11.6 Å². The second-order valence-corrected chi connectivity index (χ2v) is 3.93. The molecule has 17 heavy (non-hydrogen) atoms. The number of halogens is 1. The normalized spacial score (nSPS) is 11.8. The first-order valence-corrected chi connectivity index (χ1v) is 5.34. The van der Waals surface area contributed by atoms with Crippen molar-refractivity contribution < 1.29 is 14.3 Å². The summed E-state index contributed by atoms with van der Waals surface area (Å²) in [7, 11) is 1.26. The van der Waals surface area contributed by atoms with Gasteiger partial charge in [-0.05, 0) is 26.0 Å². The van der Waals surface area contributed by atoms with E-state index in [1.807, 2.05) is 0 Å². The minimum atomic E-state index is -0.709. The number of esters is 1. The Bertz CT molecular complexity index is 428. The van der Waals surface area contributed by atoms with Crippen LogP contribution in [0.2, 0.25) is 5.15 Å². The maximum atomic E-state index is 11.8. The number of carbonyl (C=O) groups excluding carboxylic acids is 2. The van der Waals surface area contributed by atoms with E-state index in [-0.39, 0.29) is 5.15 Å². The molecule has 0 bridgehead atoms. The zero-order chi connectivity index (χ0) is 13.0. The predicted molar refractivity (Wildman–Crippen MR) is 62.9 cm³/mol. The van der Waals surface area contributed by atoms with Crippen LogP contribution in [0.15, 0.2) is 12.1 Å². The molecule has 1 atom stereocenters. The van der Waals surface area contributed by atoms with Crippen LogP contribution in [0.4, 0.5) is 0 Å². The van der Waals surface area contributed by atoms with Crippen LogP contribution >= 0.6 is 11.6 Å². The van der Waals surface area contributed by atoms with Gasteiger partial charge in [0.05, 0.1) is 7.11 Å². The minimum Gasteiger partial charge on any atom is -0.467 e. The fraction of sp³-hybridized carbons (Fsp3) is 0.364. The third-order valence-corrected chi connectivity index (χ3v) is 2.28. The Morgan fingerprint density at radius 3 is 2.65 bits per heavy atom. The van der Waals surface area contributed by atoms with Gasteiger partial charge in [-0.1, -0.05) is 11.6 Å². The van der Waals surface area contributed by atoms with Crippen molar-refractivity contribution in [3.05, 3.63) is 28.5 Å². The monoisotopic (exact) mass is 256 g/mol. The average Bonchev–Trinajstić information content (AvgIpc) is 2.26. The molecule has 0 aromatic carbocycles. The van der Waals surface area contributed by atoms with E-state index < -0.39 is 17.9 Å². The Morgan fingerprint density at radius 2 is 2.12 bits per heavy atom. The van der Waals surface area contributed by atoms with Crippen molar-refractivity contribution in [1.82, 2.24) is 10.3 Å². The third kappa shape index (κ3) is 3.71. The first-order valence-electron chi connectivity index (χ1n) is 4.97. The maximum Gasteiger partial charge on any atom is 0.328 e. The number of hydrogen-bond acceptors (Lipinski definition) is 4. The summed E-state index contributed by atoms with van der Waals surface area (Å²) in [4.78, 5) is 26.9. The Hall–Kier alpha value is -1.62. The molecule has 0 spiro atoms. The zero-order valence-corrected chi connectivity index (χ0v) is 10.5. The van der Waals surface area contributed by atoms with Gasteiger partial charge >= 0.3 is 5.97 Å². The predicted octanol–water partition coefficient (Wildman–Crippen LogP) is 1.33. The summed E-state index contributed by atoms with van der Waals surface area (Å²) >= 11 is 5.74. The molecule has 1 aromatic heterocycles. The molecule has 1 aromatic rings. The number of methoxy groups -OCH3 is 1. The van der Waals surface area contributed by atoms with Gasteiger partial charge in [-0.2, -0.15) is 0 Å². The van der Waals surface area contributed by atoms with Gasteiger partial charge in [0.15, 0.2) is 0 Å². The number of amides is 1. The topological polar surface area (TPSA) is 68.3 Å². The molecular weight excluding hydrogens is 244 g/mol. The van der Waals surface area contributed by atoms with Crippen molar-refractivity contribution in [3.8, 4) is 0 Å². The molecule has 5 nitrogen and oxygen atoms in total. The highest BCUT2D eigenvalue weighted by Crippen LogP contribution is 2.10. The van der Waals surface area contributed by atoms with Gasteiger partial charge in [-0.15, -0.1) is 0 Å². The number of aryl methyl sites for hydroxylation is 1. The van der Waals surface area contributed by atoms with Crippen LogP contribution in [0.25, 0.3) is 0 Å². The molecule has 1 heterocycles. The van der Waals surface area contributed by atoms with Crippen LogP contribution < -0.4 is 5.32 Å². The smallest absolute Gasteiger partial charge is 0.328 e. The van der Waals surface area contributed by atoms with Gasteiger partial charge in [0.25, 0.3) is 5.91 Å². The van der Waals surface area contributed by atoms with Crippen molar-refractivity contribution in [1.29, 1.82) is 0 Å². The van der Waals surface area contributed by atoms with Crippen LogP contribution in [0.3, 0.4) is 0 Å². The van der Waals surface area contributed by atoms with Crippen LogP contribution in [-0.4, -0.2) is 30.0 Å². The summed E-state index contributed by atoms with van der Waals surface area (Å²) in [6, 6.07) is 2.32. The lowest BCUT2D eigenvalue weighted by Gasteiger charge is -2.11. The van der Waals surface area contributed by atoms with Gasteiger partial charge in [-0.3, -0.25) is 4.79 Å². The average molecular weight is 257 g/mol. The van der Waals surface area contributed by atoms with Gasteiger partial charge < -0.3 is 10.1 Å². The van der Waals surface area contributed by atoms with E-state index in [1.54, 1.807) is 19.9 Å². The standard InChI is InChI=1S/C11H13ClN2O3/c1-6-4-8(5-9(12)13-6)10(15)14-7(2)11(16)17-3/h4-5,7H,1-3H3,(H,14,15). The van der Waals surface area contributed by atoms with Crippen LogP contribution in [-0.2, 0) is 9.53 Å². The molecule has 1 rings (SSSR count). The first-order chi connectivity index (χ1) is 7.93. The van der Waals surface area contributed by atoms with Gasteiger partial charge in [0.1, 0.15) is 11.2 Å². The van der Waals surface area contributed by atoms with Crippen molar-refractivity contribution in [2.45, 2.75) is 19.9 Å². The van der Waals surface area contributed by atoms with Gasteiger partial charge in [0.2, 0.25) is 0 Å². The number of pyridine rings is 1. The molecule has 92 valence electrons. The lowest BCUT2D eigenvalue weighted by atomic mass is 10.2. The number of hydrogen-bond donors (Lipinski definition) is 1. The molecule has 0 fully saturated rings. The highest BCUT2D eigenvalue weighted by molar-refractivity contribution is 6.29. The van der Waals surface area contributed by atoms with E-state index in [2.05, 4.69) is 15.0 Å². The lowest BCUT2D eigenvalue weighted by Crippen LogP contribution is -2.39. The molecule has 0 aliphatic carbocycles. The van der Waals surface area contributed by atoms with E-state index in [0.29, 0.717) is 11.3 Å². The molecule has 0 aliphatic heterocycles. The number of nitrogens with zero attached hydrogens (tertiary/aromatic N) is 1. The Labute approximate surface area is 104 Å². The summed E-state index contributed by atoms with van der Waals surface area (Å²) in [6.07, 6.45) is 0. The second-order valence-electron chi connectivity index (χ2n) is 3.54. The lowest BCUT2D eigenvalue weighted by molar-refractivity contribution is -0.142. The molecule has 1 unspecified atom stereocenters. The number of nitrogens with one attached hydrogen (secondary N) is 1. The van der Waals surface area contributed by atoms with Gasteiger partial charge in [-0.25, -0.2) is 9.78 Å². The molecule has 1 amide bonds. The molecule has 1 N–H and O–H groups in total. The third-order valence-electron chi connectivity index (χ3n) is 2.09. The summed E-state index contributed by atoms with van der Waals surface area (Å²) in [5.74, 6) is -0.898. The van der Waals surface area contributed by atoms with Crippen molar-refractivity contribution in [2.75, 3.05) is 7.11 Å². The van der Waals surface area contributed by atoms with Crippen molar-refractivity contribution in [3.63, 3.8) is 0 Å². The Morgan fingerprint density at radius 1 is 1.47 bits per heavy atom. The molecular formula is C11H13ClN2O3.